The number of fused-ring (bicyclic) bond motifs is 1. The zero-order chi connectivity index (χ0) is 22.5. The fraction of sp³-hybridized carbons (Fsp3) is 0.409. The van der Waals surface area contributed by atoms with Gasteiger partial charge in [-0.2, -0.15) is 0 Å². The van der Waals surface area contributed by atoms with E-state index in [0.29, 0.717) is 38.1 Å². The molecule has 1 saturated carbocycles. The molecule has 0 unspecified atom stereocenters. The number of ether oxygens (including phenoxy) is 1. The van der Waals surface area contributed by atoms with Gasteiger partial charge < -0.3 is 30.0 Å². The van der Waals surface area contributed by atoms with E-state index < -0.39 is 22.8 Å². The van der Waals surface area contributed by atoms with E-state index in [1.165, 1.54) is 6.20 Å². The monoisotopic (exact) mass is 441 g/mol. The maximum Gasteiger partial charge on any atom is 0.341 e. The summed E-state index contributed by atoms with van der Waals surface area (Å²) < 4.78 is 25.1. The number of carboxylic acid groups (broad SMARTS) is 1. The van der Waals surface area contributed by atoms with Crippen LogP contribution in [0.5, 0.6) is 5.75 Å². The Hall–Kier alpha value is -3.56. The molecular weight excluding hydrogens is 417 g/mol. The minimum absolute atomic E-state index is 0.105. The number of nitrogens with one attached hydrogen (secondary N) is 1. The number of nitrogens with zero attached hydrogens (tertiary/aromatic N) is 3. The molecule has 3 heterocycles. The predicted octanol–water partition coefficient (Wildman–Crippen LogP) is 2.78. The summed E-state index contributed by atoms with van der Waals surface area (Å²) >= 11 is 0. The van der Waals surface area contributed by atoms with E-state index in [-0.39, 0.29) is 28.0 Å². The van der Waals surface area contributed by atoms with Gasteiger partial charge in [-0.1, -0.05) is 0 Å². The molecule has 0 atom stereocenters. The van der Waals surface area contributed by atoms with Crippen molar-refractivity contribution in [1.82, 2.24) is 14.1 Å². The molecule has 32 heavy (non-hydrogen) atoms. The van der Waals surface area contributed by atoms with Crippen LogP contribution in [0.2, 0.25) is 0 Å². The summed E-state index contributed by atoms with van der Waals surface area (Å²) in [5.41, 5.74) is 4.64. The quantitative estimate of drug-likeness (QED) is 0.397. The van der Waals surface area contributed by atoms with Crippen LogP contribution in [0.3, 0.4) is 0 Å². The highest BCUT2D eigenvalue weighted by atomic mass is 19.1. The van der Waals surface area contributed by atoms with E-state index >= 15 is 4.39 Å². The number of aryl methyl sites for hydroxylation is 1. The molecule has 0 radical (unpaired) electrons. The predicted molar refractivity (Wildman–Crippen MR) is 117 cm³/mol. The van der Waals surface area contributed by atoms with E-state index in [1.807, 2.05) is 15.3 Å². The molecule has 0 bridgehead atoms. The average molecular weight is 441 g/mol. The standard InChI is InChI=1S/C22H24FN5O4/c23-15-16(24)14-18-20(17(15)26-6-2-8-27-9-7-25-12-27)32-10-5-22(3-1-4-22)28(18)11-13(19(14)29)21(30)31/h7,9,11-12,26H,1-6,8,10,24H2,(H,30,31). The molecule has 10 heteroatoms. The van der Waals surface area contributed by atoms with Crippen molar-refractivity contribution < 1.29 is 19.0 Å². The Kier molecular flexibility index (Phi) is 4.79. The van der Waals surface area contributed by atoms with Gasteiger partial charge in [0.1, 0.15) is 11.3 Å². The number of anilines is 2. The first kappa shape index (κ1) is 20.3. The van der Waals surface area contributed by atoms with Gasteiger partial charge in [0.25, 0.3) is 0 Å². The van der Waals surface area contributed by atoms with Crippen LogP contribution in [0.1, 0.15) is 42.5 Å². The van der Waals surface area contributed by atoms with Gasteiger partial charge in [0.2, 0.25) is 5.43 Å². The van der Waals surface area contributed by atoms with Crippen LogP contribution in [-0.2, 0) is 12.1 Å². The van der Waals surface area contributed by atoms with Crippen molar-refractivity contribution in [2.24, 2.45) is 0 Å². The van der Waals surface area contributed by atoms with Gasteiger partial charge in [-0.3, -0.25) is 4.79 Å². The summed E-state index contributed by atoms with van der Waals surface area (Å²) in [5.74, 6) is -1.94. The zero-order valence-electron chi connectivity index (χ0n) is 17.4. The Morgan fingerprint density at radius 1 is 1.38 bits per heavy atom. The van der Waals surface area contributed by atoms with Crippen LogP contribution >= 0.6 is 0 Å². The number of aromatic nitrogens is 3. The summed E-state index contributed by atoms with van der Waals surface area (Å²) in [7, 11) is 0. The number of pyridine rings is 1. The summed E-state index contributed by atoms with van der Waals surface area (Å²) in [5, 5.41) is 12.6. The van der Waals surface area contributed by atoms with E-state index in [0.717, 1.165) is 19.3 Å². The molecule has 3 aromatic rings. The Labute approximate surface area is 182 Å². The van der Waals surface area contributed by atoms with Crippen LogP contribution in [0.25, 0.3) is 10.9 Å². The highest BCUT2D eigenvalue weighted by molar-refractivity contribution is 6.03. The summed E-state index contributed by atoms with van der Waals surface area (Å²) in [6, 6.07) is 0. The van der Waals surface area contributed by atoms with E-state index in [4.69, 9.17) is 10.5 Å². The number of carbonyl (C=O) groups is 1. The minimum Gasteiger partial charge on any atom is -0.489 e. The van der Waals surface area contributed by atoms with Crippen LogP contribution in [0.4, 0.5) is 15.8 Å². The molecule has 168 valence electrons. The molecule has 9 nitrogen and oxygen atoms in total. The van der Waals surface area contributed by atoms with Crippen molar-refractivity contribution in [2.45, 2.75) is 44.2 Å². The molecule has 1 fully saturated rings. The molecule has 1 spiro atoms. The second-order valence-electron chi connectivity index (χ2n) is 8.46. The largest absolute Gasteiger partial charge is 0.489 e. The number of nitrogen functional groups attached to an aromatic ring is 1. The third-order valence-corrected chi connectivity index (χ3v) is 6.67. The number of hydrogen-bond donors (Lipinski definition) is 3. The first-order chi connectivity index (χ1) is 15.4. The van der Waals surface area contributed by atoms with Crippen molar-refractivity contribution in [3.63, 3.8) is 0 Å². The van der Waals surface area contributed by atoms with E-state index in [2.05, 4.69) is 10.3 Å². The third-order valence-electron chi connectivity index (χ3n) is 6.67. The molecule has 4 N–H and O–H groups in total. The number of halogens is 1. The lowest BCUT2D eigenvalue weighted by Crippen LogP contribution is -2.42. The number of imidazole rings is 1. The van der Waals surface area contributed by atoms with Crippen molar-refractivity contribution in [3.05, 3.63) is 46.5 Å². The smallest absolute Gasteiger partial charge is 0.341 e. The lowest BCUT2D eigenvalue weighted by Gasteiger charge is -2.44. The van der Waals surface area contributed by atoms with Crippen LogP contribution in [0.15, 0.2) is 29.7 Å². The van der Waals surface area contributed by atoms with Gasteiger partial charge >= 0.3 is 5.97 Å². The Morgan fingerprint density at radius 2 is 2.19 bits per heavy atom. The Morgan fingerprint density at radius 3 is 2.84 bits per heavy atom. The van der Waals surface area contributed by atoms with Gasteiger partial charge in [-0.05, 0) is 25.7 Å². The highest BCUT2D eigenvalue weighted by Gasteiger charge is 2.43. The summed E-state index contributed by atoms with van der Waals surface area (Å²) in [6.07, 6.45) is 10.6. The number of carboxylic acids is 1. The van der Waals surface area contributed by atoms with Gasteiger partial charge in [-0.15, -0.1) is 0 Å². The molecule has 1 aliphatic heterocycles. The summed E-state index contributed by atoms with van der Waals surface area (Å²) in [6.45, 7) is 1.48. The van der Waals surface area contributed by atoms with Gasteiger partial charge in [0, 0.05) is 43.6 Å². The lowest BCUT2D eigenvalue weighted by molar-refractivity contribution is 0.0691. The van der Waals surface area contributed by atoms with Crippen molar-refractivity contribution in [1.29, 1.82) is 0 Å². The molecule has 1 aliphatic carbocycles. The normalized spacial score (nSPS) is 16.4. The maximum absolute atomic E-state index is 15.4. The second-order valence-corrected chi connectivity index (χ2v) is 8.46. The van der Waals surface area contributed by atoms with Gasteiger partial charge in [-0.25, -0.2) is 14.2 Å². The maximum atomic E-state index is 15.4. The molecule has 2 aliphatic rings. The second kappa shape index (κ2) is 7.54. The van der Waals surface area contributed by atoms with Crippen molar-refractivity contribution in [2.75, 3.05) is 24.2 Å². The Bertz CT molecular complexity index is 1260. The zero-order valence-corrected chi connectivity index (χ0v) is 17.4. The third kappa shape index (κ3) is 3.01. The fourth-order valence-electron chi connectivity index (χ4n) is 4.81. The fourth-order valence-corrected chi connectivity index (χ4v) is 4.81. The van der Waals surface area contributed by atoms with E-state index in [1.54, 1.807) is 12.5 Å². The SMILES string of the molecule is Nc1c(F)c(NCCCn2ccnc2)c2c3c1c(=O)c(C(=O)O)cn3C1(CCC1)CCO2. The lowest BCUT2D eigenvalue weighted by atomic mass is 9.74. The number of hydrogen-bond acceptors (Lipinski definition) is 6. The van der Waals surface area contributed by atoms with Crippen molar-refractivity contribution >= 4 is 28.2 Å². The summed E-state index contributed by atoms with van der Waals surface area (Å²) in [4.78, 5) is 28.8. The first-order valence-corrected chi connectivity index (χ1v) is 10.7. The number of nitrogens with two attached hydrogens (primary N) is 1. The topological polar surface area (TPSA) is 124 Å². The van der Waals surface area contributed by atoms with Crippen LogP contribution < -0.4 is 21.2 Å². The minimum atomic E-state index is -1.36. The highest BCUT2D eigenvalue weighted by Crippen LogP contribution is 2.49. The number of benzene rings is 1. The first-order valence-electron chi connectivity index (χ1n) is 10.7. The van der Waals surface area contributed by atoms with Crippen LogP contribution in [0, 0.1) is 5.82 Å². The number of aromatic carboxylic acids is 1. The molecule has 1 aromatic carbocycles. The molecule has 2 aromatic heterocycles. The van der Waals surface area contributed by atoms with Crippen molar-refractivity contribution in [3.8, 4) is 5.75 Å². The van der Waals surface area contributed by atoms with Crippen LogP contribution in [-0.4, -0.2) is 38.3 Å². The average Bonchev–Trinajstić information content (AvgIpc) is 3.19. The molecular formula is C22H24FN5O4. The van der Waals surface area contributed by atoms with Gasteiger partial charge in [0.15, 0.2) is 11.6 Å². The molecule has 0 saturated heterocycles. The molecule has 0 amide bonds. The molecule has 5 rings (SSSR count). The Balaban J connectivity index is 1.65. The number of rotatable bonds is 6. The van der Waals surface area contributed by atoms with E-state index in [9.17, 15) is 14.7 Å². The van der Waals surface area contributed by atoms with Gasteiger partial charge in [0.05, 0.1) is 29.5 Å².